The third-order valence-corrected chi connectivity index (χ3v) is 4.44. The zero-order chi connectivity index (χ0) is 12.3. The molecule has 0 unspecified atom stereocenters. The Balaban J connectivity index is 2.36. The van der Waals surface area contributed by atoms with E-state index in [-0.39, 0.29) is 12.6 Å². The Morgan fingerprint density at radius 1 is 1.53 bits per heavy atom. The average molecular weight is 270 g/mol. The van der Waals surface area contributed by atoms with Crippen LogP contribution in [-0.4, -0.2) is 39.0 Å². The van der Waals surface area contributed by atoms with E-state index in [2.05, 4.69) is 20.3 Å². The van der Waals surface area contributed by atoms with Crippen molar-refractivity contribution in [3.63, 3.8) is 0 Å². The number of nitrogens with one attached hydrogen (secondary N) is 1. The number of anilines is 1. The molecule has 7 heteroatoms. The van der Waals surface area contributed by atoms with Crippen molar-refractivity contribution in [2.24, 2.45) is 0 Å². The molecule has 0 aromatic carbocycles. The number of hydrogen-bond donors (Lipinski definition) is 2. The van der Waals surface area contributed by atoms with Crippen molar-refractivity contribution in [2.45, 2.75) is 23.7 Å². The molecule has 0 saturated heterocycles. The van der Waals surface area contributed by atoms with Gasteiger partial charge in [-0.1, -0.05) is 18.7 Å². The summed E-state index contributed by atoms with van der Waals surface area (Å²) >= 11 is 3.17. The predicted octanol–water partition coefficient (Wildman–Crippen LogP) is 1.99. The number of fused-ring (bicyclic) bond motifs is 1. The number of nitrogens with zero attached hydrogens (tertiary/aromatic N) is 3. The number of rotatable bonds is 5. The van der Waals surface area contributed by atoms with E-state index in [0.29, 0.717) is 5.65 Å². The molecule has 0 saturated carbocycles. The molecule has 5 nitrogen and oxygen atoms in total. The summed E-state index contributed by atoms with van der Waals surface area (Å²) in [5.41, 5.74) is 0.713. The molecule has 0 radical (unpaired) electrons. The van der Waals surface area contributed by atoms with Gasteiger partial charge in [0.25, 0.3) is 0 Å². The maximum Gasteiger partial charge on any atom is 0.176 e. The normalized spacial score (nSPS) is 12.9. The molecular weight excluding hydrogens is 256 g/mol. The largest absolute Gasteiger partial charge is 0.394 e. The van der Waals surface area contributed by atoms with Gasteiger partial charge in [-0.15, -0.1) is 11.3 Å². The van der Waals surface area contributed by atoms with Crippen molar-refractivity contribution >= 4 is 39.3 Å². The zero-order valence-corrected chi connectivity index (χ0v) is 11.3. The summed E-state index contributed by atoms with van der Waals surface area (Å²) in [6, 6.07) is 0.0212. The van der Waals surface area contributed by atoms with Gasteiger partial charge >= 0.3 is 0 Å². The number of thioether (sulfide) groups is 1. The molecule has 0 amide bonds. The summed E-state index contributed by atoms with van der Waals surface area (Å²) in [5, 5.41) is 12.4. The van der Waals surface area contributed by atoms with Crippen LogP contribution in [0.3, 0.4) is 0 Å². The fourth-order valence-electron chi connectivity index (χ4n) is 1.39. The molecular formula is C10H14N4OS2. The Labute approximate surface area is 108 Å². The highest BCUT2D eigenvalue weighted by molar-refractivity contribution is 8.00. The molecule has 0 spiro atoms. The highest BCUT2D eigenvalue weighted by Crippen LogP contribution is 2.31. The van der Waals surface area contributed by atoms with Crippen molar-refractivity contribution < 1.29 is 5.11 Å². The van der Waals surface area contributed by atoms with E-state index in [1.807, 2.05) is 13.2 Å². The number of aromatic nitrogens is 3. The summed E-state index contributed by atoms with van der Waals surface area (Å²) in [6.45, 7) is 2.11. The molecule has 2 aromatic rings. The van der Waals surface area contributed by atoms with Crippen LogP contribution in [0.2, 0.25) is 0 Å². The highest BCUT2D eigenvalue weighted by atomic mass is 32.2. The second kappa shape index (κ2) is 5.61. The van der Waals surface area contributed by atoms with Crippen molar-refractivity contribution in [2.75, 3.05) is 18.2 Å². The first-order valence-corrected chi connectivity index (χ1v) is 7.35. The van der Waals surface area contributed by atoms with Gasteiger partial charge in [0.1, 0.15) is 16.8 Å². The van der Waals surface area contributed by atoms with Crippen LogP contribution < -0.4 is 5.32 Å². The lowest BCUT2D eigenvalue weighted by Gasteiger charge is -2.14. The van der Waals surface area contributed by atoms with Gasteiger partial charge in [0.2, 0.25) is 0 Å². The monoisotopic (exact) mass is 270 g/mol. The third kappa shape index (κ3) is 2.67. The summed E-state index contributed by atoms with van der Waals surface area (Å²) in [4.78, 5) is 12.7. The van der Waals surface area contributed by atoms with Gasteiger partial charge in [-0.05, 0) is 12.7 Å². The van der Waals surface area contributed by atoms with Crippen LogP contribution in [-0.2, 0) is 0 Å². The zero-order valence-electron chi connectivity index (χ0n) is 9.67. The molecule has 2 heterocycles. The summed E-state index contributed by atoms with van der Waals surface area (Å²) in [7, 11) is 0. The topological polar surface area (TPSA) is 70.9 Å². The quantitative estimate of drug-likeness (QED) is 0.810. The van der Waals surface area contributed by atoms with E-state index in [9.17, 15) is 5.11 Å². The van der Waals surface area contributed by atoms with Gasteiger partial charge in [0.15, 0.2) is 9.99 Å². The minimum absolute atomic E-state index is 0.0212. The van der Waals surface area contributed by atoms with E-state index in [1.54, 1.807) is 23.1 Å². The third-order valence-electron chi connectivity index (χ3n) is 2.40. The van der Waals surface area contributed by atoms with Gasteiger partial charge < -0.3 is 10.4 Å². The fraction of sp³-hybridized carbons (Fsp3) is 0.500. The Morgan fingerprint density at radius 2 is 2.35 bits per heavy atom. The maximum atomic E-state index is 9.19. The molecule has 0 fully saturated rings. The van der Waals surface area contributed by atoms with E-state index < -0.39 is 0 Å². The molecule has 17 heavy (non-hydrogen) atoms. The summed E-state index contributed by atoms with van der Waals surface area (Å²) in [6.07, 6.45) is 4.33. The first-order chi connectivity index (χ1) is 8.28. The van der Waals surface area contributed by atoms with Gasteiger partial charge in [-0.25, -0.2) is 15.0 Å². The number of aliphatic hydroxyl groups is 1. The lowest BCUT2D eigenvalue weighted by molar-refractivity contribution is 0.271. The van der Waals surface area contributed by atoms with Crippen LogP contribution in [0.25, 0.3) is 10.3 Å². The smallest absolute Gasteiger partial charge is 0.176 e. The predicted molar refractivity (Wildman–Crippen MR) is 71.8 cm³/mol. The van der Waals surface area contributed by atoms with Gasteiger partial charge in [-0.3, -0.25) is 0 Å². The van der Waals surface area contributed by atoms with Gasteiger partial charge in [0.05, 0.1) is 12.6 Å². The van der Waals surface area contributed by atoms with Crippen molar-refractivity contribution in [3.8, 4) is 0 Å². The van der Waals surface area contributed by atoms with E-state index >= 15 is 0 Å². The lowest BCUT2D eigenvalue weighted by atomic mass is 10.2. The van der Waals surface area contributed by atoms with Gasteiger partial charge in [-0.2, -0.15) is 0 Å². The molecule has 2 N–H and O–H groups in total. The van der Waals surface area contributed by atoms with E-state index in [4.69, 9.17) is 0 Å². The first kappa shape index (κ1) is 12.5. The molecule has 0 bridgehead atoms. The molecule has 92 valence electrons. The Bertz CT molecular complexity index is 498. The fourth-order valence-corrected chi connectivity index (χ4v) is 2.86. The molecule has 2 rings (SSSR count). The van der Waals surface area contributed by atoms with Crippen LogP contribution in [0.4, 0.5) is 5.82 Å². The van der Waals surface area contributed by atoms with Crippen molar-refractivity contribution in [3.05, 3.63) is 6.33 Å². The molecule has 2 aromatic heterocycles. The van der Waals surface area contributed by atoms with Gasteiger partial charge in [0, 0.05) is 0 Å². The Kier molecular flexibility index (Phi) is 4.14. The highest BCUT2D eigenvalue weighted by Gasteiger charge is 2.12. The van der Waals surface area contributed by atoms with Crippen LogP contribution in [0.5, 0.6) is 0 Å². The van der Waals surface area contributed by atoms with Crippen molar-refractivity contribution in [1.82, 2.24) is 15.0 Å². The van der Waals surface area contributed by atoms with E-state index in [1.165, 1.54) is 6.33 Å². The minimum atomic E-state index is 0.0212. The SMILES string of the molecule is CC[C@H](CO)Nc1ncnc2nc(SC)sc12. The standard InChI is InChI=1S/C10H14N4OS2/c1-3-6(4-15)13-8-7-9(12-5-11-8)14-10(16-2)17-7/h5-6,15H,3-4H2,1-2H3,(H,11,12,13)/t6-/m1/s1. The van der Waals surface area contributed by atoms with Crippen LogP contribution in [0.15, 0.2) is 10.7 Å². The Morgan fingerprint density at radius 3 is 3.00 bits per heavy atom. The minimum Gasteiger partial charge on any atom is -0.394 e. The number of hydrogen-bond acceptors (Lipinski definition) is 7. The van der Waals surface area contributed by atoms with Crippen LogP contribution >= 0.6 is 23.1 Å². The number of aliphatic hydroxyl groups excluding tert-OH is 1. The second-order valence-electron chi connectivity index (χ2n) is 3.49. The van der Waals surface area contributed by atoms with Crippen LogP contribution in [0, 0.1) is 0 Å². The maximum absolute atomic E-state index is 9.19. The molecule has 1 atom stereocenters. The van der Waals surface area contributed by atoms with Crippen LogP contribution in [0.1, 0.15) is 13.3 Å². The first-order valence-electron chi connectivity index (χ1n) is 5.31. The average Bonchev–Trinajstić information content (AvgIpc) is 2.79. The summed E-state index contributed by atoms with van der Waals surface area (Å²) in [5.74, 6) is 0.758. The molecule has 0 aliphatic carbocycles. The van der Waals surface area contributed by atoms with E-state index in [0.717, 1.165) is 21.3 Å². The van der Waals surface area contributed by atoms with Crippen molar-refractivity contribution in [1.29, 1.82) is 0 Å². The Hall–Kier alpha value is -0.920. The summed E-state index contributed by atoms with van der Waals surface area (Å²) < 4.78 is 1.92. The molecule has 0 aliphatic rings. The lowest BCUT2D eigenvalue weighted by Crippen LogP contribution is -2.23. The number of thiazole rings is 1. The second-order valence-corrected chi connectivity index (χ2v) is 5.54. The molecule has 0 aliphatic heterocycles.